The molecule has 0 saturated heterocycles. The number of anilines is 2. The average Bonchev–Trinajstić information content (AvgIpc) is 3.16. The SMILES string of the molecule is Cc1cccc(NS(=O)(=O)c2cc(NC(=O)c3cnn(-c4ccccc4F)c3C)ccc2C)c1. The van der Waals surface area contributed by atoms with Crippen molar-refractivity contribution in [2.24, 2.45) is 0 Å². The second-order valence-electron chi connectivity index (χ2n) is 7.92. The Hall–Kier alpha value is -3.98. The first kappa shape index (κ1) is 23.2. The summed E-state index contributed by atoms with van der Waals surface area (Å²) >= 11 is 0. The normalized spacial score (nSPS) is 11.3. The molecule has 0 aliphatic heterocycles. The molecule has 0 fully saturated rings. The molecule has 0 aliphatic carbocycles. The van der Waals surface area contributed by atoms with E-state index >= 15 is 0 Å². The highest BCUT2D eigenvalue weighted by Crippen LogP contribution is 2.24. The number of hydrogen-bond donors (Lipinski definition) is 2. The van der Waals surface area contributed by atoms with Crippen LogP contribution in [0.4, 0.5) is 15.8 Å². The maximum absolute atomic E-state index is 14.2. The highest BCUT2D eigenvalue weighted by atomic mass is 32.2. The number of nitrogens with one attached hydrogen (secondary N) is 2. The fourth-order valence-electron chi connectivity index (χ4n) is 3.58. The van der Waals surface area contributed by atoms with Crippen molar-refractivity contribution in [3.63, 3.8) is 0 Å². The number of carbonyl (C=O) groups excluding carboxylic acids is 1. The first-order valence-electron chi connectivity index (χ1n) is 10.5. The molecule has 4 rings (SSSR count). The van der Waals surface area contributed by atoms with Gasteiger partial charge >= 0.3 is 0 Å². The average molecular weight is 479 g/mol. The number of benzene rings is 3. The molecule has 1 amide bonds. The van der Waals surface area contributed by atoms with E-state index in [1.165, 1.54) is 23.0 Å². The molecule has 0 atom stereocenters. The number of halogens is 1. The van der Waals surface area contributed by atoms with Crippen molar-refractivity contribution in [3.8, 4) is 5.69 Å². The number of nitrogens with zero attached hydrogens (tertiary/aromatic N) is 2. The topological polar surface area (TPSA) is 93.1 Å². The second-order valence-corrected chi connectivity index (χ2v) is 9.57. The van der Waals surface area contributed by atoms with E-state index in [-0.39, 0.29) is 16.1 Å². The molecule has 1 aromatic heterocycles. The van der Waals surface area contributed by atoms with Gasteiger partial charge in [0.2, 0.25) is 0 Å². The van der Waals surface area contributed by atoms with Gasteiger partial charge in [-0.2, -0.15) is 5.10 Å². The quantitative estimate of drug-likeness (QED) is 0.408. The zero-order valence-electron chi connectivity index (χ0n) is 18.8. The molecule has 0 radical (unpaired) electrons. The van der Waals surface area contributed by atoms with Gasteiger partial charge < -0.3 is 5.32 Å². The lowest BCUT2D eigenvalue weighted by Gasteiger charge is -2.13. The largest absolute Gasteiger partial charge is 0.322 e. The molecule has 0 aliphatic rings. The van der Waals surface area contributed by atoms with Crippen molar-refractivity contribution < 1.29 is 17.6 Å². The predicted molar refractivity (Wildman–Crippen MR) is 129 cm³/mol. The van der Waals surface area contributed by atoms with Crippen LogP contribution in [0.5, 0.6) is 0 Å². The van der Waals surface area contributed by atoms with Gasteiger partial charge in [-0.15, -0.1) is 0 Å². The summed E-state index contributed by atoms with van der Waals surface area (Å²) in [6.07, 6.45) is 1.35. The van der Waals surface area contributed by atoms with E-state index in [1.807, 2.05) is 13.0 Å². The van der Waals surface area contributed by atoms with Crippen LogP contribution in [0.3, 0.4) is 0 Å². The van der Waals surface area contributed by atoms with Crippen molar-refractivity contribution in [1.82, 2.24) is 9.78 Å². The maximum atomic E-state index is 14.2. The number of aromatic nitrogens is 2. The number of para-hydroxylation sites is 1. The highest BCUT2D eigenvalue weighted by Gasteiger charge is 2.20. The smallest absolute Gasteiger partial charge is 0.262 e. The van der Waals surface area contributed by atoms with Gasteiger partial charge in [-0.1, -0.05) is 30.3 Å². The number of carbonyl (C=O) groups is 1. The first-order valence-corrected chi connectivity index (χ1v) is 11.9. The molecule has 0 spiro atoms. The lowest BCUT2D eigenvalue weighted by Crippen LogP contribution is -2.16. The Morgan fingerprint density at radius 3 is 2.44 bits per heavy atom. The zero-order chi connectivity index (χ0) is 24.5. The third-order valence-corrected chi connectivity index (χ3v) is 6.86. The Kier molecular flexibility index (Phi) is 6.21. The molecule has 2 N–H and O–H groups in total. The van der Waals surface area contributed by atoms with Gasteiger partial charge in [0.25, 0.3) is 15.9 Å². The highest BCUT2D eigenvalue weighted by molar-refractivity contribution is 7.92. The Balaban J connectivity index is 1.59. The van der Waals surface area contributed by atoms with E-state index < -0.39 is 21.7 Å². The molecular weight excluding hydrogens is 455 g/mol. The van der Waals surface area contributed by atoms with E-state index in [1.54, 1.807) is 62.4 Å². The van der Waals surface area contributed by atoms with Crippen molar-refractivity contribution >= 4 is 27.3 Å². The van der Waals surface area contributed by atoms with Gasteiger partial charge in [0.15, 0.2) is 0 Å². The van der Waals surface area contributed by atoms with E-state index in [2.05, 4.69) is 15.1 Å². The monoisotopic (exact) mass is 478 g/mol. The summed E-state index contributed by atoms with van der Waals surface area (Å²) in [6.45, 7) is 5.21. The molecule has 9 heteroatoms. The van der Waals surface area contributed by atoms with Gasteiger partial charge in [0.05, 0.1) is 22.3 Å². The number of amides is 1. The van der Waals surface area contributed by atoms with Crippen LogP contribution in [0.25, 0.3) is 5.69 Å². The summed E-state index contributed by atoms with van der Waals surface area (Å²) in [5, 5.41) is 6.86. The van der Waals surface area contributed by atoms with Crippen LogP contribution in [0.15, 0.2) is 77.8 Å². The Bertz CT molecular complexity index is 1500. The molecule has 0 saturated carbocycles. The second kappa shape index (κ2) is 9.11. The third-order valence-electron chi connectivity index (χ3n) is 5.34. The lowest BCUT2D eigenvalue weighted by molar-refractivity contribution is 0.102. The van der Waals surface area contributed by atoms with Crippen LogP contribution in [-0.4, -0.2) is 24.1 Å². The number of rotatable bonds is 6. The van der Waals surface area contributed by atoms with Crippen LogP contribution in [-0.2, 0) is 10.0 Å². The standard InChI is InChI=1S/C25H23FN4O3S/c1-16-7-6-8-20(13-16)29-34(32,33)24-14-19(12-11-17(24)2)28-25(31)21-15-27-30(18(21)3)23-10-5-4-9-22(23)26/h4-15,29H,1-3H3,(H,28,31). The van der Waals surface area contributed by atoms with Gasteiger partial charge in [-0.05, 0) is 68.3 Å². The molecular formula is C25H23FN4O3S. The molecule has 0 bridgehead atoms. The van der Waals surface area contributed by atoms with Crippen molar-refractivity contribution in [3.05, 3.63) is 101 Å². The summed E-state index contributed by atoms with van der Waals surface area (Å²) in [5.74, 6) is -0.950. The minimum atomic E-state index is -3.89. The molecule has 4 aromatic rings. The fraction of sp³-hybridized carbons (Fsp3) is 0.120. The van der Waals surface area contributed by atoms with Crippen molar-refractivity contribution in [2.75, 3.05) is 10.0 Å². The minimum absolute atomic E-state index is 0.0468. The minimum Gasteiger partial charge on any atom is -0.322 e. The summed E-state index contributed by atoms with van der Waals surface area (Å²) in [6, 6.07) is 17.8. The van der Waals surface area contributed by atoms with Crippen LogP contribution in [0.2, 0.25) is 0 Å². The summed E-state index contributed by atoms with van der Waals surface area (Å²) in [4.78, 5) is 13.0. The Morgan fingerprint density at radius 2 is 1.71 bits per heavy atom. The fourth-order valence-corrected chi connectivity index (χ4v) is 4.90. The van der Waals surface area contributed by atoms with Crippen LogP contribution in [0, 0.1) is 26.6 Å². The number of sulfonamides is 1. The van der Waals surface area contributed by atoms with Gasteiger partial charge in [0.1, 0.15) is 11.5 Å². The van der Waals surface area contributed by atoms with Crippen molar-refractivity contribution in [1.29, 1.82) is 0 Å². The van der Waals surface area contributed by atoms with E-state index in [0.717, 1.165) is 5.56 Å². The van der Waals surface area contributed by atoms with Crippen LogP contribution >= 0.6 is 0 Å². The molecule has 3 aromatic carbocycles. The lowest BCUT2D eigenvalue weighted by atomic mass is 10.2. The van der Waals surface area contributed by atoms with Crippen LogP contribution < -0.4 is 10.0 Å². The first-order chi connectivity index (χ1) is 16.2. The van der Waals surface area contributed by atoms with Gasteiger partial charge in [-0.25, -0.2) is 17.5 Å². The van der Waals surface area contributed by atoms with Gasteiger partial charge in [0, 0.05) is 11.4 Å². The number of hydrogen-bond acceptors (Lipinski definition) is 4. The Morgan fingerprint density at radius 1 is 0.941 bits per heavy atom. The van der Waals surface area contributed by atoms with Gasteiger partial charge in [-0.3, -0.25) is 9.52 Å². The van der Waals surface area contributed by atoms with E-state index in [9.17, 15) is 17.6 Å². The molecule has 174 valence electrons. The van der Waals surface area contributed by atoms with E-state index in [0.29, 0.717) is 22.6 Å². The van der Waals surface area contributed by atoms with Crippen molar-refractivity contribution in [2.45, 2.75) is 25.7 Å². The van der Waals surface area contributed by atoms with Crippen LogP contribution in [0.1, 0.15) is 27.2 Å². The molecule has 0 unspecified atom stereocenters. The molecule has 1 heterocycles. The predicted octanol–water partition coefficient (Wildman–Crippen LogP) is 4.99. The Labute approximate surface area is 197 Å². The zero-order valence-corrected chi connectivity index (χ0v) is 19.7. The van der Waals surface area contributed by atoms with E-state index in [4.69, 9.17) is 0 Å². The molecule has 7 nitrogen and oxygen atoms in total. The maximum Gasteiger partial charge on any atom is 0.262 e. The summed E-state index contributed by atoms with van der Waals surface area (Å²) in [7, 11) is -3.89. The summed E-state index contributed by atoms with van der Waals surface area (Å²) < 4.78 is 44.1. The number of aryl methyl sites for hydroxylation is 2. The third kappa shape index (κ3) is 4.69. The molecule has 34 heavy (non-hydrogen) atoms. The summed E-state index contributed by atoms with van der Waals surface area (Å²) in [5.41, 5.74) is 3.12.